The van der Waals surface area contributed by atoms with Gasteiger partial charge in [-0.05, 0) is 19.4 Å². The molecule has 0 radical (unpaired) electrons. The third-order valence-electron chi connectivity index (χ3n) is 2.13. The van der Waals surface area contributed by atoms with Gasteiger partial charge in [-0.25, -0.2) is 4.39 Å². The number of halogens is 2. The van der Waals surface area contributed by atoms with Crippen molar-refractivity contribution < 1.29 is 9.13 Å². The van der Waals surface area contributed by atoms with Crippen molar-refractivity contribution in [3.05, 3.63) is 29.6 Å². The first-order chi connectivity index (χ1) is 6.70. The van der Waals surface area contributed by atoms with E-state index in [9.17, 15) is 4.39 Å². The molecular formula is C11H17ClFNO. The zero-order valence-corrected chi connectivity index (χ0v) is 9.81. The minimum atomic E-state index is -0.340. The monoisotopic (exact) mass is 233 g/mol. The van der Waals surface area contributed by atoms with E-state index in [-0.39, 0.29) is 24.3 Å². The molecule has 1 unspecified atom stereocenters. The molecule has 1 aromatic carbocycles. The van der Waals surface area contributed by atoms with Crippen LogP contribution >= 0.6 is 12.4 Å². The first-order valence-corrected chi connectivity index (χ1v) is 4.87. The van der Waals surface area contributed by atoms with Crippen LogP contribution in [-0.4, -0.2) is 6.61 Å². The number of para-hydroxylation sites is 1. The second-order valence-corrected chi connectivity index (χ2v) is 3.11. The van der Waals surface area contributed by atoms with Crippen molar-refractivity contribution in [2.75, 3.05) is 6.61 Å². The SMILES string of the molecule is CCOc1c(F)cccc1C(N)CC.Cl. The maximum atomic E-state index is 13.4. The highest BCUT2D eigenvalue weighted by atomic mass is 35.5. The second-order valence-electron chi connectivity index (χ2n) is 3.11. The average Bonchev–Trinajstić information content (AvgIpc) is 2.20. The Bertz CT molecular complexity index is 307. The van der Waals surface area contributed by atoms with Crippen LogP contribution in [0.2, 0.25) is 0 Å². The van der Waals surface area contributed by atoms with Crippen LogP contribution in [-0.2, 0) is 0 Å². The van der Waals surface area contributed by atoms with Crippen LogP contribution in [0.4, 0.5) is 4.39 Å². The Morgan fingerprint density at radius 3 is 2.60 bits per heavy atom. The summed E-state index contributed by atoms with van der Waals surface area (Å²) >= 11 is 0. The summed E-state index contributed by atoms with van der Waals surface area (Å²) in [4.78, 5) is 0. The molecule has 0 aliphatic heterocycles. The van der Waals surface area contributed by atoms with Crippen LogP contribution in [0.15, 0.2) is 18.2 Å². The molecule has 0 fully saturated rings. The van der Waals surface area contributed by atoms with Crippen LogP contribution in [0.1, 0.15) is 31.9 Å². The minimum absolute atomic E-state index is 0. The van der Waals surface area contributed by atoms with Gasteiger partial charge in [0.15, 0.2) is 11.6 Å². The zero-order chi connectivity index (χ0) is 10.6. The molecule has 86 valence electrons. The fraction of sp³-hybridized carbons (Fsp3) is 0.455. The van der Waals surface area contributed by atoms with Crippen molar-refractivity contribution in [3.8, 4) is 5.75 Å². The Morgan fingerprint density at radius 1 is 1.40 bits per heavy atom. The Hall–Kier alpha value is -0.800. The Balaban J connectivity index is 0.00000196. The summed E-state index contributed by atoms with van der Waals surface area (Å²) in [7, 11) is 0. The van der Waals surface area contributed by atoms with Crippen molar-refractivity contribution in [2.24, 2.45) is 5.73 Å². The number of hydrogen-bond acceptors (Lipinski definition) is 2. The molecule has 0 aromatic heterocycles. The predicted octanol–water partition coefficient (Wildman–Crippen LogP) is 3.06. The summed E-state index contributed by atoms with van der Waals surface area (Å²) in [5.74, 6) is -0.0439. The van der Waals surface area contributed by atoms with Gasteiger partial charge in [-0.1, -0.05) is 19.1 Å². The molecule has 0 amide bonds. The molecule has 0 saturated heterocycles. The largest absolute Gasteiger partial charge is 0.490 e. The third kappa shape index (κ3) is 3.36. The van der Waals surface area contributed by atoms with E-state index in [1.807, 2.05) is 19.9 Å². The fourth-order valence-corrected chi connectivity index (χ4v) is 1.33. The molecule has 1 atom stereocenters. The highest BCUT2D eigenvalue weighted by Gasteiger charge is 2.13. The minimum Gasteiger partial charge on any atom is -0.490 e. The van der Waals surface area contributed by atoms with Crippen molar-refractivity contribution in [3.63, 3.8) is 0 Å². The third-order valence-corrected chi connectivity index (χ3v) is 2.13. The zero-order valence-electron chi connectivity index (χ0n) is 9.00. The Kier molecular flexibility index (Phi) is 6.29. The van der Waals surface area contributed by atoms with Gasteiger partial charge in [0, 0.05) is 11.6 Å². The lowest BCUT2D eigenvalue weighted by Crippen LogP contribution is -2.11. The Labute approximate surface area is 96.0 Å². The van der Waals surface area contributed by atoms with Crippen LogP contribution < -0.4 is 10.5 Å². The fourth-order valence-electron chi connectivity index (χ4n) is 1.33. The summed E-state index contributed by atoms with van der Waals surface area (Å²) in [5.41, 5.74) is 6.59. The lowest BCUT2D eigenvalue weighted by atomic mass is 10.0. The number of benzene rings is 1. The molecule has 15 heavy (non-hydrogen) atoms. The normalized spacial score (nSPS) is 11.7. The van der Waals surface area contributed by atoms with E-state index in [0.717, 1.165) is 12.0 Å². The lowest BCUT2D eigenvalue weighted by Gasteiger charge is -2.15. The lowest BCUT2D eigenvalue weighted by molar-refractivity contribution is 0.315. The molecule has 4 heteroatoms. The van der Waals surface area contributed by atoms with Gasteiger partial charge in [-0.15, -0.1) is 12.4 Å². The van der Waals surface area contributed by atoms with Crippen LogP contribution in [0.3, 0.4) is 0 Å². The molecule has 0 bridgehead atoms. The van der Waals surface area contributed by atoms with Crippen LogP contribution in [0, 0.1) is 5.82 Å². The summed E-state index contributed by atoms with van der Waals surface area (Å²) in [6.45, 7) is 4.24. The van der Waals surface area contributed by atoms with Gasteiger partial charge in [-0.2, -0.15) is 0 Å². The van der Waals surface area contributed by atoms with Gasteiger partial charge in [0.2, 0.25) is 0 Å². The quantitative estimate of drug-likeness (QED) is 0.868. The maximum Gasteiger partial charge on any atom is 0.165 e. The van der Waals surface area contributed by atoms with Gasteiger partial charge in [-0.3, -0.25) is 0 Å². The van der Waals surface area contributed by atoms with Crippen molar-refractivity contribution in [1.29, 1.82) is 0 Å². The molecule has 1 rings (SSSR count). The molecule has 0 spiro atoms. The maximum absolute atomic E-state index is 13.4. The van der Waals surface area contributed by atoms with Gasteiger partial charge in [0.1, 0.15) is 0 Å². The number of nitrogens with two attached hydrogens (primary N) is 1. The van der Waals surface area contributed by atoms with E-state index in [4.69, 9.17) is 10.5 Å². The summed E-state index contributed by atoms with van der Waals surface area (Å²) in [6, 6.07) is 4.69. The summed E-state index contributed by atoms with van der Waals surface area (Å²) < 4.78 is 18.6. The van der Waals surface area contributed by atoms with E-state index in [0.29, 0.717) is 12.4 Å². The van der Waals surface area contributed by atoms with Gasteiger partial charge in [0.05, 0.1) is 6.61 Å². The van der Waals surface area contributed by atoms with Crippen molar-refractivity contribution in [1.82, 2.24) is 0 Å². The van der Waals surface area contributed by atoms with Gasteiger partial charge < -0.3 is 10.5 Å². The van der Waals surface area contributed by atoms with Gasteiger partial charge >= 0.3 is 0 Å². The second kappa shape index (κ2) is 6.64. The van der Waals surface area contributed by atoms with Crippen LogP contribution in [0.5, 0.6) is 5.75 Å². The van der Waals surface area contributed by atoms with E-state index in [1.165, 1.54) is 6.07 Å². The first kappa shape index (κ1) is 14.2. The van der Waals surface area contributed by atoms with Gasteiger partial charge in [0.25, 0.3) is 0 Å². The summed E-state index contributed by atoms with van der Waals surface area (Å²) in [6.07, 6.45) is 0.767. The number of ether oxygens (including phenoxy) is 1. The molecule has 0 saturated carbocycles. The number of hydrogen-bond donors (Lipinski definition) is 1. The average molecular weight is 234 g/mol. The van der Waals surface area contributed by atoms with Crippen LogP contribution in [0.25, 0.3) is 0 Å². The standard InChI is InChI=1S/C11H16FNO.ClH/c1-3-10(13)8-6-5-7-9(12)11(8)14-4-2;/h5-7,10H,3-4,13H2,1-2H3;1H. The highest BCUT2D eigenvalue weighted by Crippen LogP contribution is 2.28. The van der Waals surface area contributed by atoms with E-state index in [1.54, 1.807) is 6.07 Å². The van der Waals surface area contributed by atoms with Crippen molar-refractivity contribution in [2.45, 2.75) is 26.3 Å². The molecule has 0 aliphatic rings. The first-order valence-electron chi connectivity index (χ1n) is 4.87. The molecule has 2 N–H and O–H groups in total. The molecular weight excluding hydrogens is 217 g/mol. The smallest absolute Gasteiger partial charge is 0.165 e. The van der Waals surface area contributed by atoms with E-state index < -0.39 is 0 Å². The predicted molar refractivity (Wildman–Crippen MR) is 62.0 cm³/mol. The molecule has 0 aliphatic carbocycles. The molecule has 0 heterocycles. The van der Waals surface area contributed by atoms with E-state index in [2.05, 4.69) is 0 Å². The highest BCUT2D eigenvalue weighted by molar-refractivity contribution is 5.85. The molecule has 2 nitrogen and oxygen atoms in total. The number of rotatable bonds is 4. The van der Waals surface area contributed by atoms with Crippen molar-refractivity contribution >= 4 is 12.4 Å². The Morgan fingerprint density at radius 2 is 2.07 bits per heavy atom. The molecule has 1 aromatic rings. The van der Waals surface area contributed by atoms with E-state index >= 15 is 0 Å². The summed E-state index contributed by atoms with van der Waals surface area (Å²) in [5, 5.41) is 0. The topological polar surface area (TPSA) is 35.2 Å².